The summed E-state index contributed by atoms with van der Waals surface area (Å²) in [7, 11) is 3.60. The van der Waals surface area contributed by atoms with Crippen LogP contribution in [0.15, 0.2) is 18.7 Å². The Hall–Kier alpha value is -1.40. The van der Waals surface area contributed by atoms with Crippen molar-refractivity contribution in [3.63, 3.8) is 0 Å². The first kappa shape index (κ1) is 18.6. The van der Waals surface area contributed by atoms with Crippen molar-refractivity contribution in [2.45, 2.75) is 32.7 Å². The second kappa shape index (κ2) is 12.6. The van der Waals surface area contributed by atoms with Gasteiger partial charge in [0.05, 0.1) is 33.4 Å². The Bertz CT molecular complexity index is 353. The molecule has 0 saturated heterocycles. The van der Waals surface area contributed by atoms with Gasteiger partial charge in [-0.3, -0.25) is 0 Å². The standard InChI is InChI=1S/C8H15N2.C6H12O4/c1-3-4-5-10-7-6-9(2)8-10;1-9-4-5-10-3-2-6(7)8/h6-8H,3-5H2,1-2H3;2-5H2,1H3,(H,7,8)/q+1;/p-1. The number of aryl methyl sites for hydroxylation is 2. The van der Waals surface area contributed by atoms with Crippen LogP contribution >= 0.6 is 0 Å². The zero-order valence-corrected chi connectivity index (χ0v) is 12.7. The second-order valence-electron chi connectivity index (χ2n) is 4.40. The van der Waals surface area contributed by atoms with E-state index >= 15 is 0 Å². The fraction of sp³-hybridized carbons (Fsp3) is 0.714. The molecule has 0 fully saturated rings. The lowest BCUT2D eigenvalue weighted by Gasteiger charge is -2.02. The molecular formula is C14H26N2O4. The van der Waals surface area contributed by atoms with Crippen molar-refractivity contribution in [2.75, 3.05) is 26.9 Å². The Balaban J connectivity index is 0.000000361. The van der Waals surface area contributed by atoms with Gasteiger partial charge in [-0.2, -0.15) is 0 Å². The van der Waals surface area contributed by atoms with Crippen LogP contribution in [0.1, 0.15) is 26.2 Å². The van der Waals surface area contributed by atoms with Gasteiger partial charge < -0.3 is 19.4 Å². The normalized spacial score (nSPS) is 9.95. The molecule has 0 aliphatic carbocycles. The molecule has 0 bridgehead atoms. The summed E-state index contributed by atoms with van der Waals surface area (Å²) in [6.07, 6.45) is 8.77. The SMILES string of the molecule is CCCC[n+]1ccn(C)c1.COCCOCCC(=O)[O-]. The zero-order valence-electron chi connectivity index (χ0n) is 12.7. The molecule has 0 aliphatic heterocycles. The van der Waals surface area contributed by atoms with E-state index in [1.54, 1.807) is 7.11 Å². The van der Waals surface area contributed by atoms with E-state index in [1.807, 2.05) is 7.05 Å². The Morgan fingerprint density at radius 3 is 2.60 bits per heavy atom. The van der Waals surface area contributed by atoms with Crippen LogP contribution in [-0.4, -0.2) is 37.5 Å². The van der Waals surface area contributed by atoms with Gasteiger partial charge >= 0.3 is 0 Å². The topological polar surface area (TPSA) is 67.4 Å². The number of carboxylic acid groups (broad SMARTS) is 1. The number of hydrogen-bond acceptors (Lipinski definition) is 4. The van der Waals surface area contributed by atoms with Crippen LogP contribution in [0.5, 0.6) is 0 Å². The number of carboxylic acids is 1. The first-order valence-corrected chi connectivity index (χ1v) is 6.87. The fourth-order valence-electron chi connectivity index (χ4n) is 1.37. The quantitative estimate of drug-likeness (QED) is 0.470. The zero-order chi connectivity index (χ0) is 15.2. The molecule has 0 aromatic carbocycles. The summed E-state index contributed by atoms with van der Waals surface area (Å²) in [5, 5.41) is 9.81. The molecule has 0 atom stereocenters. The molecule has 0 N–H and O–H groups in total. The highest BCUT2D eigenvalue weighted by atomic mass is 16.5. The lowest BCUT2D eigenvalue weighted by Crippen LogP contribution is -2.30. The van der Waals surface area contributed by atoms with Gasteiger partial charge in [0.2, 0.25) is 6.33 Å². The molecule has 0 spiro atoms. The summed E-state index contributed by atoms with van der Waals surface area (Å²) in [5.74, 6) is -1.09. The number of carbonyl (C=O) groups excluding carboxylic acids is 1. The van der Waals surface area contributed by atoms with E-state index in [0.29, 0.717) is 13.2 Å². The van der Waals surface area contributed by atoms with Crippen LogP contribution in [0.3, 0.4) is 0 Å². The van der Waals surface area contributed by atoms with E-state index in [-0.39, 0.29) is 13.0 Å². The van der Waals surface area contributed by atoms with E-state index < -0.39 is 5.97 Å². The fourth-order valence-corrected chi connectivity index (χ4v) is 1.37. The van der Waals surface area contributed by atoms with Crippen LogP contribution < -0.4 is 9.67 Å². The smallest absolute Gasteiger partial charge is 0.243 e. The van der Waals surface area contributed by atoms with E-state index in [0.717, 1.165) is 6.54 Å². The molecule has 6 nitrogen and oxygen atoms in total. The van der Waals surface area contributed by atoms with Crippen molar-refractivity contribution in [3.05, 3.63) is 18.7 Å². The van der Waals surface area contributed by atoms with Crippen LogP contribution in [0, 0.1) is 0 Å². The van der Waals surface area contributed by atoms with Crippen molar-refractivity contribution in [1.82, 2.24) is 4.57 Å². The van der Waals surface area contributed by atoms with Crippen molar-refractivity contribution in [1.29, 1.82) is 0 Å². The van der Waals surface area contributed by atoms with Crippen molar-refractivity contribution < 1.29 is 23.9 Å². The van der Waals surface area contributed by atoms with Crippen LogP contribution in [-0.2, 0) is 27.9 Å². The van der Waals surface area contributed by atoms with Gasteiger partial charge in [-0.25, -0.2) is 9.13 Å². The monoisotopic (exact) mass is 286 g/mol. The van der Waals surface area contributed by atoms with Gasteiger partial charge in [-0.15, -0.1) is 0 Å². The third-order valence-corrected chi connectivity index (χ3v) is 2.48. The number of aromatic nitrogens is 2. The van der Waals surface area contributed by atoms with E-state index in [4.69, 9.17) is 4.74 Å². The van der Waals surface area contributed by atoms with E-state index in [1.165, 1.54) is 12.8 Å². The Labute approximate surface area is 120 Å². The lowest BCUT2D eigenvalue weighted by molar-refractivity contribution is -0.696. The number of rotatable bonds is 9. The number of carbonyl (C=O) groups is 1. The minimum Gasteiger partial charge on any atom is -0.550 e. The summed E-state index contributed by atoms with van der Waals surface area (Å²) >= 11 is 0. The Kier molecular flexibility index (Phi) is 11.7. The van der Waals surface area contributed by atoms with E-state index in [2.05, 4.69) is 39.5 Å². The largest absolute Gasteiger partial charge is 0.550 e. The van der Waals surface area contributed by atoms with E-state index in [9.17, 15) is 9.90 Å². The van der Waals surface area contributed by atoms with Crippen LogP contribution in [0.4, 0.5) is 0 Å². The summed E-state index contributed by atoms with van der Waals surface area (Å²) in [6.45, 7) is 4.49. The summed E-state index contributed by atoms with van der Waals surface area (Å²) in [4.78, 5) is 9.81. The molecular weight excluding hydrogens is 260 g/mol. The minimum absolute atomic E-state index is 0.0519. The van der Waals surface area contributed by atoms with Gasteiger partial charge in [0.1, 0.15) is 12.4 Å². The van der Waals surface area contributed by atoms with Crippen LogP contribution in [0.25, 0.3) is 0 Å². The van der Waals surface area contributed by atoms with Gasteiger partial charge in [-0.05, 0) is 6.42 Å². The molecule has 0 radical (unpaired) electrons. The van der Waals surface area contributed by atoms with Gasteiger partial charge in [-0.1, -0.05) is 13.3 Å². The number of unbranched alkanes of at least 4 members (excludes halogenated alkanes) is 1. The number of hydrogen-bond donors (Lipinski definition) is 0. The first-order chi connectivity index (χ1) is 9.60. The maximum atomic E-state index is 9.81. The number of ether oxygens (including phenoxy) is 2. The number of imidazole rings is 1. The predicted octanol–water partition coefficient (Wildman–Crippen LogP) is -0.0979. The molecule has 0 aliphatic rings. The molecule has 1 rings (SSSR count). The highest BCUT2D eigenvalue weighted by Crippen LogP contribution is 1.85. The van der Waals surface area contributed by atoms with Gasteiger partial charge in [0.15, 0.2) is 0 Å². The third kappa shape index (κ3) is 11.7. The molecule has 1 aromatic rings. The molecule has 0 saturated carbocycles. The van der Waals surface area contributed by atoms with Gasteiger partial charge in [0, 0.05) is 19.5 Å². The third-order valence-electron chi connectivity index (χ3n) is 2.48. The van der Waals surface area contributed by atoms with Crippen molar-refractivity contribution in [2.24, 2.45) is 7.05 Å². The molecule has 1 heterocycles. The molecule has 6 heteroatoms. The Morgan fingerprint density at radius 1 is 1.35 bits per heavy atom. The highest BCUT2D eigenvalue weighted by Gasteiger charge is 1.96. The average molecular weight is 286 g/mol. The molecule has 1 aromatic heterocycles. The molecule has 20 heavy (non-hydrogen) atoms. The minimum atomic E-state index is -1.09. The first-order valence-electron chi connectivity index (χ1n) is 6.87. The Morgan fingerprint density at radius 2 is 2.10 bits per heavy atom. The summed E-state index contributed by atoms with van der Waals surface area (Å²) < 4.78 is 13.8. The van der Waals surface area contributed by atoms with Crippen molar-refractivity contribution in [3.8, 4) is 0 Å². The lowest BCUT2D eigenvalue weighted by atomic mass is 10.3. The summed E-state index contributed by atoms with van der Waals surface area (Å²) in [6, 6.07) is 0. The number of aliphatic carboxylic acids is 1. The summed E-state index contributed by atoms with van der Waals surface area (Å²) in [5.41, 5.74) is 0. The predicted molar refractivity (Wildman–Crippen MR) is 72.8 cm³/mol. The maximum Gasteiger partial charge on any atom is 0.243 e. The van der Waals surface area contributed by atoms with Crippen LogP contribution in [0.2, 0.25) is 0 Å². The molecule has 0 amide bonds. The molecule has 0 unspecified atom stereocenters. The average Bonchev–Trinajstić information content (AvgIpc) is 2.82. The molecule has 116 valence electrons. The highest BCUT2D eigenvalue weighted by molar-refractivity contribution is 5.64. The number of nitrogens with zero attached hydrogens (tertiary/aromatic N) is 2. The van der Waals surface area contributed by atoms with Crippen molar-refractivity contribution >= 4 is 5.97 Å². The maximum absolute atomic E-state index is 9.81. The second-order valence-corrected chi connectivity index (χ2v) is 4.40. The number of methoxy groups -OCH3 is 1. The van der Waals surface area contributed by atoms with Gasteiger partial charge in [0.25, 0.3) is 0 Å².